The number of aryl methyl sites for hydroxylation is 1. The molecule has 1 fully saturated rings. The molecule has 0 radical (unpaired) electrons. The van der Waals surface area contributed by atoms with Gasteiger partial charge < -0.3 is 9.88 Å². The van der Waals surface area contributed by atoms with Crippen molar-refractivity contribution in [2.75, 3.05) is 13.1 Å². The summed E-state index contributed by atoms with van der Waals surface area (Å²) in [5, 5.41) is 5.55. The van der Waals surface area contributed by atoms with E-state index >= 15 is 0 Å². The van der Waals surface area contributed by atoms with Crippen molar-refractivity contribution in [1.82, 2.24) is 9.88 Å². The highest BCUT2D eigenvalue weighted by molar-refractivity contribution is 6.36. The van der Waals surface area contributed by atoms with Crippen LogP contribution in [0.25, 0.3) is 10.9 Å². The lowest BCUT2D eigenvalue weighted by atomic mass is 9.90. The molecule has 0 bridgehead atoms. The van der Waals surface area contributed by atoms with E-state index in [1.165, 1.54) is 29.3 Å². The first kappa shape index (κ1) is 12.1. The van der Waals surface area contributed by atoms with Crippen molar-refractivity contribution >= 4 is 22.5 Å². The third kappa shape index (κ3) is 2.15. The van der Waals surface area contributed by atoms with Crippen LogP contribution < -0.4 is 5.32 Å². The Hall–Kier alpha value is -0.990. The van der Waals surface area contributed by atoms with E-state index in [9.17, 15) is 0 Å². The Morgan fingerprint density at radius 2 is 2.06 bits per heavy atom. The summed E-state index contributed by atoms with van der Waals surface area (Å²) >= 11 is 6.55. The molecule has 0 amide bonds. The molecule has 0 saturated carbocycles. The summed E-state index contributed by atoms with van der Waals surface area (Å²) in [6.07, 6.45) is 5.72. The summed E-state index contributed by atoms with van der Waals surface area (Å²) in [5.74, 6) is 0.782. The number of rotatable bonds is 2. The van der Waals surface area contributed by atoms with Gasteiger partial charge in [-0.3, -0.25) is 0 Å². The zero-order valence-corrected chi connectivity index (χ0v) is 11.5. The van der Waals surface area contributed by atoms with Crippen molar-refractivity contribution in [3.63, 3.8) is 0 Å². The van der Waals surface area contributed by atoms with Crippen molar-refractivity contribution < 1.29 is 0 Å². The molecule has 96 valence electrons. The molecular weight excluding hydrogens is 244 g/mol. The normalized spacial score (nSPS) is 17.4. The predicted molar refractivity (Wildman–Crippen MR) is 77.2 cm³/mol. The topological polar surface area (TPSA) is 17.0 Å². The first-order valence-corrected chi connectivity index (χ1v) is 7.06. The SMILES string of the molecule is Cn1ccc2c(Cl)c(CC3CCNCC3)ccc21. The summed E-state index contributed by atoms with van der Waals surface area (Å²) in [5.41, 5.74) is 2.52. The van der Waals surface area contributed by atoms with E-state index in [0.29, 0.717) is 0 Å². The summed E-state index contributed by atoms with van der Waals surface area (Å²) in [4.78, 5) is 0. The molecule has 1 saturated heterocycles. The van der Waals surface area contributed by atoms with Gasteiger partial charge in [0.15, 0.2) is 0 Å². The molecule has 3 rings (SSSR count). The molecular formula is C15H19ClN2. The van der Waals surface area contributed by atoms with Gasteiger partial charge >= 0.3 is 0 Å². The van der Waals surface area contributed by atoms with Gasteiger partial charge in [0.25, 0.3) is 0 Å². The quantitative estimate of drug-likeness (QED) is 0.878. The second kappa shape index (κ2) is 4.94. The number of halogens is 1. The van der Waals surface area contributed by atoms with Gasteiger partial charge in [0, 0.05) is 24.1 Å². The maximum atomic E-state index is 6.55. The Labute approximate surface area is 113 Å². The summed E-state index contributed by atoms with van der Waals surface area (Å²) < 4.78 is 2.12. The van der Waals surface area contributed by atoms with Gasteiger partial charge in [0.1, 0.15) is 0 Å². The number of benzene rings is 1. The van der Waals surface area contributed by atoms with Crippen LogP contribution >= 0.6 is 11.6 Å². The van der Waals surface area contributed by atoms with E-state index in [1.807, 2.05) is 0 Å². The van der Waals surface area contributed by atoms with E-state index in [0.717, 1.165) is 30.5 Å². The van der Waals surface area contributed by atoms with Crippen LogP contribution in [0.15, 0.2) is 24.4 Å². The van der Waals surface area contributed by atoms with Crippen molar-refractivity contribution in [3.8, 4) is 0 Å². The zero-order chi connectivity index (χ0) is 12.5. The van der Waals surface area contributed by atoms with Gasteiger partial charge in [0.2, 0.25) is 0 Å². The van der Waals surface area contributed by atoms with Gasteiger partial charge in [-0.1, -0.05) is 17.7 Å². The average Bonchev–Trinajstić information content (AvgIpc) is 2.77. The maximum Gasteiger partial charge on any atom is 0.0531 e. The molecule has 0 spiro atoms. The number of nitrogens with one attached hydrogen (secondary N) is 1. The first-order valence-electron chi connectivity index (χ1n) is 6.69. The maximum absolute atomic E-state index is 6.55. The number of hydrogen-bond donors (Lipinski definition) is 1. The standard InChI is InChI=1S/C15H19ClN2/c1-18-9-6-13-14(18)3-2-12(15(13)16)10-11-4-7-17-8-5-11/h2-3,6,9,11,17H,4-5,7-8,10H2,1H3. The minimum Gasteiger partial charge on any atom is -0.351 e. The second-order valence-corrected chi connectivity index (χ2v) is 5.67. The van der Waals surface area contributed by atoms with Gasteiger partial charge in [0.05, 0.1) is 5.02 Å². The summed E-state index contributed by atoms with van der Waals surface area (Å²) in [6.45, 7) is 2.30. The molecule has 1 N–H and O–H groups in total. The Bertz CT molecular complexity index is 553. The van der Waals surface area contributed by atoms with E-state index in [4.69, 9.17) is 11.6 Å². The van der Waals surface area contributed by atoms with Crippen LogP contribution in [0, 0.1) is 5.92 Å². The summed E-state index contributed by atoms with van der Waals surface area (Å²) in [6, 6.07) is 6.51. The van der Waals surface area contributed by atoms with Crippen LogP contribution in [0.3, 0.4) is 0 Å². The smallest absolute Gasteiger partial charge is 0.0531 e. The van der Waals surface area contributed by atoms with E-state index in [2.05, 4.69) is 41.3 Å². The van der Waals surface area contributed by atoms with Crippen molar-refractivity contribution in [1.29, 1.82) is 0 Å². The lowest BCUT2D eigenvalue weighted by Crippen LogP contribution is -2.28. The molecule has 3 heteroatoms. The molecule has 2 heterocycles. The zero-order valence-electron chi connectivity index (χ0n) is 10.7. The minimum absolute atomic E-state index is 0.782. The van der Waals surface area contributed by atoms with Crippen LogP contribution in [0.2, 0.25) is 5.02 Å². The molecule has 0 atom stereocenters. The molecule has 18 heavy (non-hydrogen) atoms. The lowest BCUT2D eigenvalue weighted by Gasteiger charge is -2.23. The predicted octanol–water partition coefficient (Wildman–Crippen LogP) is 3.37. The second-order valence-electron chi connectivity index (χ2n) is 5.30. The third-order valence-electron chi connectivity index (χ3n) is 4.05. The highest BCUT2D eigenvalue weighted by atomic mass is 35.5. The minimum atomic E-state index is 0.782. The van der Waals surface area contributed by atoms with E-state index < -0.39 is 0 Å². The molecule has 0 aliphatic carbocycles. The van der Waals surface area contributed by atoms with Crippen LogP contribution in [0.1, 0.15) is 18.4 Å². The molecule has 2 nitrogen and oxygen atoms in total. The largest absolute Gasteiger partial charge is 0.351 e. The summed E-state index contributed by atoms with van der Waals surface area (Å²) in [7, 11) is 2.06. The van der Waals surface area contributed by atoms with Crippen LogP contribution in [0.5, 0.6) is 0 Å². The van der Waals surface area contributed by atoms with Crippen LogP contribution in [-0.4, -0.2) is 17.7 Å². The van der Waals surface area contributed by atoms with Crippen molar-refractivity contribution in [2.45, 2.75) is 19.3 Å². The molecule has 1 aliphatic heterocycles. The van der Waals surface area contributed by atoms with E-state index in [1.54, 1.807) is 0 Å². The average molecular weight is 263 g/mol. The Kier molecular flexibility index (Phi) is 3.31. The van der Waals surface area contributed by atoms with Crippen molar-refractivity contribution in [2.24, 2.45) is 13.0 Å². The number of aromatic nitrogens is 1. The number of nitrogens with zero attached hydrogens (tertiary/aromatic N) is 1. The van der Waals surface area contributed by atoms with Gasteiger partial charge in [-0.2, -0.15) is 0 Å². The lowest BCUT2D eigenvalue weighted by molar-refractivity contribution is 0.373. The van der Waals surface area contributed by atoms with Gasteiger partial charge in [-0.05, 0) is 56.0 Å². The molecule has 1 aromatic carbocycles. The highest BCUT2D eigenvalue weighted by Gasteiger charge is 2.16. The highest BCUT2D eigenvalue weighted by Crippen LogP contribution is 2.30. The fourth-order valence-electron chi connectivity index (χ4n) is 2.92. The van der Waals surface area contributed by atoms with Gasteiger partial charge in [-0.15, -0.1) is 0 Å². The third-order valence-corrected chi connectivity index (χ3v) is 4.50. The fraction of sp³-hybridized carbons (Fsp3) is 0.467. The number of fused-ring (bicyclic) bond motifs is 1. The van der Waals surface area contributed by atoms with Gasteiger partial charge in [-0.25, -0.2) is 0 Å². The van der Waals surface area contributed by atoms with E-state index in [-0.39, 0.29) is 0 Å². The monoisotopic (exact) mass is 262 g/mol. The number of piperidine rings is 1. The van der Waals surface area contributed by atoms with Crippen molar-refractivity contribution in [3.05, 3.63) is 35.0 Å². The molecule has 1 aromatic heterocycles. The fourth-order valence-corrected chi connectivity index (χ4v) is 3.22. The van der Waals surface area contributed by atoms with Crippen LogP contribution in [0.4, 0.5) is 0 Å². The Balaban J connectivity index is 1.89. The molecule has 0 unspecified atom stereocenters. The number of hydrogen-bond acceptors (Lipinski definition) is 1. The Morgan fingerprint density at radius 3 is 2.83 bits per heavy atom. The Morgan fingerprint density at radius 1 is 1.28 bits per heavy atom. The molecule has 2 aromatic rings. The first-order chi connectivity index (χ1) is 8.75. The molecule has 1 aliphatic rings. The van der Waals surface area contributed by atoms with Crippen LogP contribution in [-0.2, 0) is 13.5 Å².